The quantitative estimate of drug-likeness (QED) is 0.337. The van der Waals surface area contributed by atoms with E-state index in [0.717, 1.165) is 10.7 Å². The fraction of sp³-hybridized carbons (Fsp3) is 0.278. The Bertz CT molecular complexity index is 853. The van der Waals surface area contributed by atoms with Crippen LogP contribution in [0.2, 0.25) is 0 Å². The van der Waals surface area contributed by atoms with Crippen LogP contribution in [-0.2, 0) is 10.1 Å². The molecule has 1 N–H and O–H groups in total. The second-order valence-electron chi connectivity index (χ2n) is 5.31. The zero-order valence-electron chi connectivity index (χ0n) is 14.9. The van der Waals surface area contributed by atoms with Gasteiger partial charge >= 0.3 is 10.1 Å². The van der Waals surface area contributed by atoms with Gasteiger partial charge in [0.15, 0.2) is 5.17 Å². The third kappa shape index (κ3) is 5.96. The van der Waals surface area contributed by atoms with Gasteiger partial charge in [-0.25, -0.2) is 0 Å². The maximum Gasteiger partial charge on any atom is 0.339 e. The summed E-state index contributed by atoms with van der Waals surface area (Å²) in [4.78, 5) is 4.18. The van der Waals surface area contributed by atoms with Crippen molar-refractivity contribution in [2.75, 3.05) is 26.5 Å². The number of nitrogens with zero attached hydrogens (tertiary/aromatic N) is 1. The van der Waals surface area contributed by atoms with Crippen LogP contribution < -0.4 is 14.2 Å². The molecule has 0 radical (unpaired) electrons. The summed E-state index contributed by atoms with van der Waals surface area (Å²) >= 11 is 1.54. The predicted octanol–water partition coefficient (Wildman–Crippen LogP) is 3.08. The number of hydrogen-bond acceptors (Lipinski definition) is 6. The van der Waals surface area contributed by atoms with Crippen LogP contribution in [0.3, 0.4) is 0 Å². The Labute approximate surface area is 158 Å². The van der Waals surface area contributed by atoms with Gasteiger partial charge in [-0.3, -0.25) is 4.99 Å². The molecule has 0 amide bonds. The smallest absolute Gasteiger partial charge is 0.339 e. The molecule has 8 heteroatoms. The molecule has 140 valence electrons. The predicted molar refractivity (Wildman–Crippen MR) is 106 cm³/mol. The topological polar surface area (TPSA) is 77.0 Å². The highest BCUT2D eigenvalue weighted by molar-refractivity contribution is 8.13. The molecule has 0 aromatic heterocycles. The summed E-state index contributed by atoms with van der Waals surface area (Å²) in [6.45, 7) is 2.31. The summed E-state index contributed by atoms with van der Waals surface area (Å²) in [6.07, 6.45) is 0. The van der Waals surface area contributed by atoms with Crippen LogP contribution in [0.15, 0.2) is 58.4 Å². The van der Waals surface area contributed by atoms with Crippen molar-refractivity contribution in [2.24, 2.45) is 4.99 Å². The van der Waals surface area contributed by atoms with E-state index in [1.807, 2.05) is 20.0 Å². The summed E-state index contributed by atoms with van der Waals surface area (Å²) in [7, 11) is -0.341. The van der Waals surface area contributed by atoms with E-state index in [1.54, 1.807) is 49.1 Å². The van der Waals surface area contributed by atoms with Crippen molar-refractivity contribution >= 4 is 27.0 Å². The molecule has 0 aliphatic carbocycles. The van der Waals surface area contributed by atoms with E-state index in [0.29, 0.717) is 18.1 Å². The average Bonchev–Trinajstić information content (AvgIpc) is 2.62. The molecule has 0 saturated heterocycles. The minimum Gasteiger partial charge on any atom is -0.493 e. The number of thioether (sulfide) groups is 1. The fourth-order valence-electron chi connectivity index (χ4n) is 2.15. The van der Waals surface area contributed by atoms with E-state index in [1.165, 1.54) is 12.1 Å². The van der Waals surface area contributed by atoms with Crippen LogP contribution in [0.5, 0.6) is 11.5 Å². The van der Waals surface area contributed by atoms with Crippen LogP contribution in [0.4, 0.5) is 0 Å². The van der Waals surface area contributed by atoms with Crippen molar-refractivity contribution in [1.82, 2.24) is 5.32 Å². The number of benzene rings is 2. The van der Waals surface area contributed by atoms with E-state index < -0.39 is 10.1 Å². The molecule has 2 aromatic rings. The lowest BCUT2D eigenvalue weighted by molar-refractivity contribution is 0.342. The number of nitrogens with one attached hydrogen (secondary N) is 1. The fourth-order valence-corrected chi connectivity index (χ4v) is 3.72. The Kier molecular flexibility index (Phi) is 7.35. The van der Waals surface area contributed by atoms with Gasteiger partial charge in [0.25, 0.3) is 0 Å². The Balaban J connectivity index is 2.03. The maximum atomic E-state index is 12.3. The van der Waals surface area contributed by atoms with E-state index in [2.05, 4.69) is 10.3 Å². The third-order valence-electron chi connectivity index (χ3n) is 3.27. The minimum absolute atomic E-state index is 0.110. The molecule has 0 bridgehead atoms. The first-order valence-electron chi connectivity index (χ1n) is 7.96. The molecule has 0 heterocycles. The van der Waals surface area contributed by atoms with Crippen molar-refractivity contribution in [3.05, 3.63) is 54.1 Å². The van der Waals surface area contributed by atoms with Crippen LogP contribution in [-0.4, -0.2) is 40.0 Å². The molecule has 0 spiro atoms. The zero-order valence-corrected chi connectivity index (χ0v) is 16.6. The molecule has 0 unspecified atom stereocenters. The van der Waals surface area contributed by atoms with Gasteiger partial charge < -0.3 is 14.2 Å². The summed E-state index contributed by atoms with van der Waals surface area (Å²) in [5.41, 5.74) is 0.847. The van der Waals surface area contributed by atoms with Gasteiger partial charge in [0, 0.05) is 25.9 Å². The number of hydrogen-bond donors (Lipinski definition) is 1. The van der Waals surface area contributed by atoms with Crippen molar-refractivity contribution < 1.29 is 17.3 Å². The third-order valence-corrected chi connectivity index (χ3v) is 5.56. The number of amidine groups is 1. The van der Waals surface area contributed by atoms with E-state index in [-0.39, 0.29) is 10.6 Å². The van der Waals surface area contributed by atoms with Gasteiger partial charge in [0.1, 0.15) is 16.4 Å². The standard InChI is InChI=1S/C18H22N2O4S2/c1-14-11-15(23-9-10-25-18(19-2)20-3)13-16(12-14)24-26(21,22)17-7-5-4-6-8-17/h4-8,11-13H,9-10H2,1-3H3,(H,19,20). The van der Waals surface area contributed by atoms with Crippen LogP contribution in [0.1, 0.15) is 5.56 Å². The zero-order chi connectivity index (χ0) is 19.0. The first-order chi connectivity index (χ1) is 12.4. The molecular weight excluding hydrogens is 372 g/mol. The molecule has 0 aliphatic rings. The molecule has 0 fully saturated rings. The summed E-state index contributed by atoms with van der Waals surface area (Å²) in [6, 6.07) is 13.1. The monoisotopic (exact) mass is 394 g/mol. The maximum absolute atomic E-state index is 12.3. The Hall–Kier alpha value is -2.19. The molecule has 2 rings (SSSR count). The number of aliphatic imine (C=N–C) groups is 1. The molecule has 26 heavy (non-hydrogen) atoms. The van der Waals surface area contributed by atoms with E-state index in [4.69, 9.17) is 8.92 Å². The number of ether oxygens (including phenoxy) is 1. The summed E-state index contributed by atoms with van der Waals surface area (Å²) in [5.74, 6) is 1.49. The SMILES string of the molecule is C/N=C(\NC)SCCOc1cc(C)cc(OS(=O)(=O)c2ccccc2)c1. The van der Waals surface area contributed by atoms with Crippen molar-refractivity contribution in [2.45, 2.75) is 11.8 Å². The second-order valence-corrected chi connectivity index (χ2v) is 7.94. The Morgan fingerprint density at radius 1 is 1.15 bits per heavy atom. The first kappa shape index (κ1) is 20.1. The summed E-state index contributed by atoms with van der Waals surface area (Å²) in [5, 5.41) is 3.81. The average molecular weight is 395 g/mol. The van der Waals surface area contributed by atoms with E-state index >= 15 is 0 Å². The van der Waals surface area contributed by atoms with Gasteiger partial charge in [0.2, 0.25) is 0 Å². The molecule has 0 aliphatic heterocycles. The number of aryl methyl sites for hydroxylation is 1. The molecule has 0 atom stereocenters. The normalized spacial score (nSPS) is 11.9. The van der Waals surface area contributed by atoms with Gasteiger partial charge in [-0.15, -0.1) is 0 Å². The largest absolute Gasteiger partial charge is 0.493 e. The Morgan fingerprint density at radius 2 is 1.85 bits per heavy atom. The highest BCUT2D eigenvalue weighted by atomic mass is 32.2. The van der Waals surface area contributed by atoms with Gasteiger partial charge in [-0.05, 0) is 36.8 Å². The van der Waals surface area contributed by atoms with Crippen LogP contribution in [0, 0.1) is 6.92 Å². The number of rotatable bonds is 7. The minimum atomic E-state index is -3.87. The van der Waals surface area contributed by atoms with Gasteiger partial charge in [0.05, 0.1) is 6.61 Å². The molecule has 6 nitrogen and oxygen atoms in total. The molecule has 0 saturated carbocycles. The van der Waals surface area contributed by atoms with Crippen LogP contribution in [0.25, 0.3) is 0 Å². The van der Waals surface area contributed by atoms with Crippen LogP contribution >= 0.6 is 11.8 Å². The first-order valence-corrected chi connectivity index (χ1v) is 10.4. The Morgan fingerprint density at radius 3 is 2.50 bits per heavy atom. The van der Waals surface area contributed by atoms with Gasteiger partial charge in [-0.1, -0.05) is 30.0 Å². The van der Waals surface area contributed by atoms with E-state index in [9.17, 15) is 8.42 Å². The van der Waals surface area contributed by atoms with Gasteiger partial charge in [-0.2, -0.15) is 8.42 Å². The molecule has 2 aromatic carbocycles. The molecular formula is C18H22N2O4S2. The highest BCUT2D eigenvalue weighted by Gasteiger charge is 2.16. The van der Waals surface area contributed by atoms with Crippen molar-refractivity contribution in [3.8, 4) is 11.5 Å². The lowest BCUT2D eigenvalue weighted by Gasteiger charge is -2.11. The van der Waals surface area contributed by atoms with Crippen molar-refractivity contribution in [1.29, 1.82) is 0 Å². The lowest BCUT2D eigenvalue weighted by atomic mass is 10.2. The highest BCUT2D eigenvalue weighted by Crippen LogP contribution is 2.25. The summed E-state index contributed by atoms with van der Waals surface area (Å²) < 4.78 is 35.6. The second kappa shape index (κ2) is 9.49. The van der Waals surface area contributed by atoms with Crippen molar-refractivity contribution in [3.63, 3.8) is 0 Å². The lowest BCUT2D eigenvalue weighted by Crippen LogP contribution is -2.16.